The molecule has 0 fully saturated rings. The minimum Gasteiger partial charge on any atom is -0.323 e. The Balaban J connectivity index is 2.27. The minimum absolute atomic E-state index is 0.0965. The highest BCUT2D eigenvalue weighted by Gasteiger charge is 2.07. The first-order valence-corrected chi connectivity index (χ1v) is 7.19. The van der Waals surface area contributed by atoms with E-state index in [1.807, 2.05) is 0 Å². The molecule has 2 atom stereocenters. The molecule has 2 unspecified atom stereocenters. The standard InChI is InChI=1S/C16H28N2/c1-4-5-6-7-14(3)18-12-16(17)15-10-8-13(2)9-11-15/h8-11,14,16,18H,4-7,12,17H2,1-3H3. The molecule has 0 spiro atoms. The highest BCUT2D eigenvalue weighted by Crippen LogP contribution is 2.11. The molecule has 18 heavy (non-hydrogen) atoms. The van der Waals surface area contributed by atoms with Crippen LogP contribution in [0.3, 0.4) is 0 Å². The van der Waals surface area contributed by atoms with E-state index in [1.165, 1.54) is 36.8 Å². The molecule has 2 nitrogen and oxygen atoms in total. The van der Waals surface area contributed by atoms with Crippen LogP contribution < -0.4 is 11.1 Å². The van der Waals surface area contributed by atoms with E-state index in [2.05, 4.69) is 50.4 Å². The van der Waals surface area contributed by atoms with Crippen molar-refractivity contribution in [2.45, 2.75) is 58.5 Å². The van der Waals surface area contributed by atoms with Crippen LogP contribution >= 0.6 is 0 Å². The van der Waals surface area contributed by atoms with E-state index in [0.29, 0.717) is 6.04 Å². The van der Waals surface area contributed by atoms with Crippen LogP contribution in [0.25, 0.3) is 0 Å². The molecule has 1 aromatic rings. The van der Waals surface area contributed by atoms with Gasteiger partial charge in [-0.2, -0.15) is 0 Å². The third-order valence-corrected chi connectivity index (χ3v) is 3.43. The first kappa shape index (κ1) is 15.2. The zero-order valence-electron chi connectivity index (χ0n) is 12.1. The Hall–Kier alpha value is -0.860. The molecule has 0 amide bonds. The van der Waals surface area contributed by atoms with Crippen LogP contribution in [0, 0.1) is 6.92 Å². The second-order valence-electron chi connectivity index (χ2n) is 5.32. The molecule has 0 radical (unpaired) electrons. The minimum atomic E-state index is 0.0965. The molecule has 1 rings (SSSR count). The van der Waals surface area contributed by atoms with Crippen molar-refractivity contribution in [2.75, 3.05) is 6.54 Å². The lowest BCUT2D eigenvalue weighted by molar-refractivity contribution is 0.467. The smallest absolute Gasteiger partial charge is 0.0421 e. The summed E-state index contributed by atoms with van der Waals surface area (Å²) in [6.45, 7) is 7.45. The van der Waals surface area contributed by atoms with Gasteiger partial charge in [0.15, 0.2) is 0 Å². The summed E-state index contributed by atoms with van der Waals surface area (Å²) in [4.78, 5) is 0. The maximum Gasteiger partial charge on any atom is 0.0421 e. The summed E-state index contributed by atoms with van der Waals surface area (Å²) in [6, 6.07) is 9.17. The number of benzene rings is 1. The second kappa shape index (κ2) is 8.28. The van der Waals surface area contributed by atoms with Crippen LogP contribution in [0.4, 0.5) is 0 Å². The number of nitrogens with one attached hydrogen (secondary N) is 1. The van der Waals surface area contributed by atoms with E-state index < -0.39 is 0 Å². The summed E-state index contributed by atoms with van der Waals surface area (Å²) < 4.78 is 0. The maximum atomic E-state index is 6.19. The summed E-state index contributed by atoms with van der Waals surface area (Å²) in [6.07, 6.45) is 5.17. The molecule has 3 N–H and O–H groups in total. The highest BCUT2D eigenvalue weighted by molar-refractivity contribution is 5.24. The number of rotatable bonds is 8. The zero-order chi connectivity index (χ0) is 13.4. The van der Waals surface area contributed by atoms with Crippen LogP contribution in [-0.2, 0) is 0 Å². The first-order valence-electron chi connectivity index (χ1n) is 7.19. The molecular formula is C16H28N2. The van der Waals surface area contributed by atoms with Crippen LogP contribution in [-0.4, -0.2) is 12.6 Å². The van der Waals surface area contributed by atoms with Crippen molar-refractivity contribution in [3.8, 4) is 0 Å². The Morgan fingerprint density at radius 1 is 1.17 bits per heavy atom. The molecular weight excluding hydrogens is 220 g/mol. The number of unbranched alkanes of at least 4 members (excludes halogenated alkanes) is 2. The van der Waals surface area contributed by atoms with Crippen molar-refractivity contribution in [3.63, 3.8) is 0 Å². The van der Waals surface area contributed by atoms with Crippen LogP contribution in [0.2, 0.25) is 0 Å². The second-order valence-corrected chi connectivity index (χ2v) is 5.32. The third-order valence-electron chi connectivity index (χ3n) is 3.43. The average molecular weight is 248 g/mol. The van der Waals surface area contributed by atoms with Gasteiger partial charge in [0.05, 0.1) is 0 Å². The molecule has 102 valence electrons. The normalized spacial score (nSPS) is 14.4. The van der Waals surface area contributed by atoms with Gasteiger partial charge in [0.1, 0.15) is 0 Å². The molecule has 0 aliphatic rings. The van der Waals surface area contributed by atoms with E-state index in [-0.39, 0.29) is 6.04 Å². The summed E-state index contributed by atoms with van der Waals surface area (Å²) in [5, 5.41) is 3.53. The van der Waals surface area contributed by atoms with Gasteiger partial charge in [-0.1, -0.05) is 56.0 Å². The van der Waals surface area contributed by atoms with Gasteiger partial charge in [0.2, 0.25) is 0 Å². The van der Waals surface area contributed by atoms with Crippen molar-refractivity contribution < 1.29 is 0 Å². The van der Waals surface area contributed by atoms with Gasteiger partial charge in [-0.05, 0) is 25.8 Å². The molecule has 0 aliphatic heterocycles. The molecule has 0 saturated heterocycles. The van der Waals surface area contributed by atoms with Gasteiger partial charge in [-0.15, -0.1) is 0 Å². The van der Waals surface area contributed by atoms with E-state index in [0.717, 1.165) is 6.54 Å². The zero-order valence-corrected chi connectivity index (χ0v) is 12.1. The summed E-state index contributed by atoms with van der Waals surface area (Å²) in [7, 11) is 0. The van der Waals surface area contributed by atoms with E-state index >= 15 is 0 Å². The largest absolute Gasteiger partial charge is 0.323 e. The lowest BCUT2D eigenvalue weighted by Gasteiger charge is -2.18. The van der Waals surface area contributed by atoms with Gasteiger partial charge < -0.3 is 11.1 Å². The SMILES string of the molecule is CCCCCC(C)NCC(N)c1ccc(C)cc1. The van der Waals surface area contributed by atoms with Gasteiger partial charge >= 0.3 is 0 Å². The lowest BCUT2D eigenvalue weighted by Crippen LogP contribution is -2.33. The fourth-order valence-electron chi connectivity index (χ4n) is 2.06. The molecule has 0 bridgehead atoms. The van der Waals surface area contributed by atoms with Gasteiger partial charge in [0.25, 0.3) is 0 Å². The summed E-state index contributed by atoms with van der Waals surface area (Å²) in [5.74, 6) is 0. The van der Waals surface area contributed by atoms with Crippen molar-refractivity contribution in [1.82, 2.24) is 5.32 Å². The number of hydrogen-bond donors (Lipinski definition) is 2. The Labute approximate surface area is 112 Å². The molecule has 1 aromatic carbocycles. The van der Waals surface area contributed by atoms with E-state index in [1.54, 1.807) is 0 Å². The summed E-state index contributed by atoms with van der Waals surface area (Å²) in [5.41, 5.74) is 8.69. The van der Waals surface area contributed by atoms with Crippen LogP contribution in [0.5, 0.6) is 0 Å². The fourth-order valence-corrected chi connectivity index (χ4v) is 2.06. The molecule has 2 heteroatoms. The van der Waals surface area contributed by atoms with Crippen molar-refractivity contribution in [3.05, 3.63) is 35.4 Å². The van der Waals surface area contributed by atoms with Crippen molar-refractivity contribution >= 4 is 0 Å². The first-order chi connectivity index (χ1) is 8.63. The van der Waals surface area contributed by atoms with Crippen molar-refractivity contribution in [2.24, 2.45) is 5.73 Å². The van der Waals surface area contributed by atoms with Gasteiger partial charge in [0, 0.05) is 18.6 Å². The van der Waals surface area contributed by atoms with Crippen molar-refractivity contribution in [1.29, 1.82) is 0 Å². The Morgan fingerprint density at radius 3 is 2.44 bits per heavy atom. The van der Waals surface area contributed by atoms with Gasteiger partial charge in [-0.3, -0.25) is 0 Å². The quantitative estimate of drug-likeness (QED) is 0.690. The predicted octanol–water partition coefficient (Wildman–Crippen LogP) is 3.55. The van der Waals surface area contributed by atoms with E-state index in [4.69, 9.17) is 5.73 Å². The topological polar surface area (TPSA) is 38.0 Å². The van der Waals surface area contributed by atoms with Crippen LogP contribution in [0.1, 0.15) is 56.7 Å². The molecule has 0 aromatic heterocycles. The molecule has 0 saturated carbocycles. The predicted molar refractivity (Wildman–Crippen MR) is 79.7 cm³/mol. The molecule has 0 heterocycles. The summed E-state index contributed by atoms with van der Waals surface area (Å²) >= 11 is 0. The van der Waals surface area contributed by atoms with E-state index in [9.17, 15) is 0 Å². The fraction of sp³-hybridized carbons (Fsp3) is 0.625. The highest BCUT2D eigenvalue weighted by atomic mass is 14.9. The Morgan fingerprint density at radius 2 is 1.83 bits per heavy atom. The monoisotopic (exact) mass is 248 g/mol. The average Bonchev–Trinajstić information content (AvgIpc) is 2.37. The lowest BCUT2D eigenvalue weighted by atomic mass is 10.0. The van der Waals surface area contributed by atoms with Gasteiger partial charge in [-0.25, -0.2) is 0 Å². The number of nitrogens with two attached hydrogens (primary N) is 1. The Kier molecular flexibility index (Phi) is 6.99. The number of aryl methyl sites for hydroxylation is 1. The molecule has 0 aliphatic carbocycles. The third kappa shape index (κ3) is 5.65. The number of hydrogen-bond acceptors (Lipinski definition) is 2. The van der Waals surface area contributed by atoms with Crippen LogP contribution in [0.15, 0.2) is 24.3 Å². The maximum absolute atomic E-state index is 6.19. The Bertz CT molecular complexity index is 318.